The number of aromatic nitrogens is 2. The molecule has 0 saturated heterocycles. The van der Waals surface area contributed by atoms with Gasteiger partial charge in [0, 0.05) is 23.7 Å². The van der Waals surface area contributed by atoms with Gasteiger partial charge < -0.3 is 10.6 Å². The smallest absolute Gasteiger partial charge is 0.226 e. The Morgan fingerprint density at radius 1 is 1.17 bits per heavy atom. The maximum atomic E-state index is 13.8. The van der Waals surface area contributed by atoms with Gasteiger partial charge in [-0.15, -0.1) is 0 Å². The summed E-state index contributed by atoms with van der Waals surface area (Å²) in [6.07, 6.45) is 11.1. The van der Waals surface area contributed by atoms with E-state index < -0.39 is 0 Å². The Bertz CT molecular complexity index is 866. The average molecular weight is 413 g/mol. The van der Waals surface area contributed by atoms with Crippen molar-refractivity contribution in [2.75, 3.05) is 0 Å². The first-order chi connectivity index (χ1) is 14.1. The lowest BCUT2D eigenvalue weighted by molar-refractivity contribution is -0.153. The number of amides is 2. The highest BCUT2D eigenvalue weighted by molar-refractivity contribution is 5.84. The monoisotopic (exact) mass is 412 g/mol. The molecule has 6 heteroatoms. The van der Waals surface area contributed by atoms with Gasteiger partial charge in [0.05, 0.1) is 23.2 Å². The number of carbonyl (C=O) groups is 2. The van der Waals surface area contributed by atoms with Crippen molar-refractivity contribution in [3.8, 4) is 0 Å². The first kappa shape index (κ1) is 20.1. The third-order valence-electron chi connectivity index (χ3n) is 8.11. The summed E-state index contributed by atoms with van der Waals surface area (Å²) in [4.78, 5) is 25.7. The molecular formula is C24H36N4O2. The highest BCUT2D eigenvalue weighted by atomic mass is 16.2. The largest absolute Gasteiger partial charge is 0.351 e. The second kappa shape index (κ2) is 6.57. The van der Waals surface area contributed by atoms with Crippen LogP contribution in [-0.2, 0) is 21.5 Å². The molecule has 1 aromatic rings. The van der Waals surface area contributed by atoms with E-state index in [0.717, 1.165) is 51.4 Å². The Morgan fingerprint density at radius 3 is 2.50 bits per heavy atom. The van der Waals surface area contributed by atoms with Crippen LogP contribution in [0.15, 0.2) is 6.20 Å². The van der Waals surface area contributed by atoms with Gasteiger partial charge in [-0.25, -0.2) is 0 Å². The molecule has 6 rings (SSSR count). The van der Waals surface area contributed by atoms with Crippen molar-refractivity contribution in [3.63, 3.8) is 0 Å². The van der Waals surface area contributed by atoms with E-state index in [2.05, 4.69) is 41.2 Å². The van der Waals surface area contributed by atoms with Gasteiger partial charge in [-0.05, 0) is 90.4 Å². The van der Waals surface area contributed by atoms with E-state index in [4.69, 9.17) is 0 Å². The molecule has 2 N–H and O–H groups in total. The molecule has 6 nitrogen and oxygen atoms in total. The number of carbonyl (C=O) groups excluding carboxylic acids is 2. The first-order valence-corrected chi connectivity index (χ1v) is 11.8. The minimum absolute atomic E-state index is 0.0408. The molecule has 2 unspecified atom stereocenters. The third kappa shape index (κ3) is 3.18. The van der Waals surface area contributed by atoms with Crippen LogP contribution in [0.4, 0.5) is 0 Å². The number of rotatable bonds is 3. The fourth-order valence-electron chi connectivity index (χ4n) is 7.64. The van der Waals surface area contributed by atoms with Gasteiger partial charge in [0.15, 0.2) is 0 Å². The lowest BCUT2D eigenvalue weighted by Crippen LogP contribution is -2.65. The predicted molar refractivity (Wildman–Crippen MR) is 115 cm³/mol. The molecule has 5 aliphatic carbocycles. The number of nitrogens with zero attached hydrogens (tertiary/aromatic N) is 2. The fraction of sp³-hybridized carbons (Fsp3) is 0.792. The van der Waals surface area contributed by atoms with E-state index in [-0.39, 0.29) is 34.3 Å². The Morgan fingerprint density at radius 2 is 1.87 bits per heavy atom. The summed E-state index contributed by atoms with van der Waals surface area (Å²) in [7, 11) is 0. The second-order valence-corrected chi connectivity index (χ2v) is 11.8. The van der Waals surface area contributed by atoms with E-state index in [1.165, 1.54) is 17.7 Å². The maximum absolute atomic E-state index is 13.8. The standard InChI is InChI=1S/C24H36N4O2/c1-15(29)27-24-11-16-8-17(12-24)10-23(9-16,14-24)21(30)26-19-6-5-7-20-18(19)13-25-28(20)22(2,3)4/h13,16-17,19H,5-12,14H2,1-4H3,(H,26,30)(H,27,29)/t16-,17+,19-,23?,24?/m0/s1. The van der Waals surface area contributed by atoms with Crippen molar-refractivity contribution in [1.82, 2.24) is 20.4 Å². The molecule has 30 heavy (non-hydrogen) atoms. The van der Waals surface area contributed by atoms with Crippen LogP contribution in [0.25, 0.3) is 0 Å². The van der Waals surface area contributed by atoms with Gasteiger partial charge in [0.2, 0.25) is 11.8 Å². The van der Waals surface area contributed by atoms with Gasteiger partial charge in [-0.2, -0.15) is 5.10 Å². The second-order valence-electron chi connectivity index (χ2n) is 11.8. The van der Waals surface area contributed by atoms with Crippen LogP contribution in [-0.4, -0.2) is 27.1 Å². The van der Waals surface area contributed by atoms with Crippen LogP contribution < -0.4 is 10.6 Å². The topological polar surface area (TPSA) is 76.0 Å². The van der Waals surface area contributed by atoms with Gasteiger partial charge >= 0.3 is 0 Å². The SMILES string of the molecule is CC(=O)NC12C[C@H]3C[C@@H](C1)CC(C(=O)N[C@H]1CCCc4c1cnn4C(C)(C)C)(C3)C2. The molecular weight excluding hydrogens is 376 g/mol. The van der Waals surface area contributed by atoms with E-state index >= 15 is 0 Å². The molecule has 0 radical (unpaired) electrons. The molecule has 2 amide bonds. The molecule has 164 valence electrons. The quantitative estimate of drug-likeness (QED) is 0.796. The van der Waals surface area contributed by atoms with Crippen molar-refractivity contribution in [2.45, 2.75) is 103 Å². The Labute approximate surface area is 179 Å². The van der Waals surface area contributed by atoms with Crippen LogP contribution in [0.2, 0.25) is 0 Å². The fourth-order valence-corrected chi connectivity index (χ4v) is 7.64. The summed E-state index contributed by atoms with van der Waals surface area (Å²) in [5, 5.41) is 11.4. The molecule has 1 heterocycles. The van der Waals surface area contributed by atoms with Crippen molar-refractivity contribution < 1.29 is 9.59 Å². The summed E-state index contributed by atoms with van der Waals surface area (Å²) in [6.45, 7) is 8.15. The minimum Gasteiger partial charge on any atom is -0.351 e. The van der Waals surface area contributed by atoms with Crippen molar-refractivity contribution in [1.29, 1.82) is 0 Å². The highest BCUT2D eigenvalue weighted by Gasteiger charge is 2.61. The summed E-state index contributed by atoms with van der Waals surface area (Å²) >= 11 is 0. The molecule has 4 bridgehead atoms. The van der Waals surface area contributed by atoms with Crippen LogP contribution in [0, 0.1) is 17.3 Å². The molecule has 0 aliphatic heterocycles. The van der Waals surface area contributed by atoms with E-state index in [9.17, 15) is 9.59 Å². The molecule has 0 aromatic carbocycles. The summed E-state index contributed by atoms with van der Waals surface area (Å²) in [5.74, 6) is 1.38. The Hall–Kier alpha value is -1.85. The summed E-state index contributed by atoms with van der Waals surface area (Å²) < 4.78 is 2.14. The molecule has 5 aliphatic rings. The van der Waals surface area contributed by atoms with Gasteiger partial charge in [0.1, 0.15) is 0 Å². The van der Waals surface area contributed by atoms with Gasteiger partial charge in [0.25, 0.3) is 0 Å². The zero-order valence-corrected chi connectivity index (χ0v) is 18.9. The average Bonchev–Trinajstić information content (AvgIpc) is 3.04. The highest BCUT2D eigenvalue weighted by Crippen LogP contribution is 2.61. The maximum Gasteiger partial charge on any atom is 0.226 e. The molecule has 4 fully saturated rings. The van der Waals surface area contributed by atoms with Gasteiger partial charge in [-0.3, -0.25) is 14.3 Å². The molecule has 0 spiro atoms. The summed E-state index contributed by atoms with van der Waals surface area (Å²) in [5.41, 5.74) is 1.95. The number of hydrogen-bond acceptors (Lipinski definition) is 3. The lowest BCUT2D eigenvalue weighted by atomic mass is 9.46. The van der Waals surface area contributed by atoms with Crippen LogP contribution >= 0.6 is 0 Å². The first-order valence-electron chi connectivity index (χ1n) is 11.8. The van der Waals surface area contributed by atoms with E-state index in [1.807, 2.05) is 6.20 Å². The lowest BCUT2D eigenvalue weighted by Gasteiger charge is -2.61. The van der Waals surface area contributed by atoms with E-state index in [1.54, 1.807) is 6.92 Å². The number of hydrogen-bond donors (Lipinski definition) is 2. The number of nitrogens with one attached hydrogen (secondary N) is 2. The molecule has 4 saturated carbocycles. The molecule has 5 atom stereocenters. The third-order valence-corrected chi connectivity index (χ3v) is 8.11. The zero-order chi connectivity index (χ0) is 21.3. The molecule has 1 aromatic heterocycles. The summed E-state index contributed by atoms with van der Waals surface area (Å²) in [6, 6.07) is 0.0575. The normalized spacial score (nSPS) is 37.0. The van der Waals surface area contributed by atoms with Crippen molar-refractivity contribution in [3.05, 3.63) is 17.5 Å². The number of fused-ring (bicyclic) bond motifs is 1. The van der Waals surface area contributed by atoms with Gasteiger partial charge in [-0.1, -0.05) is 0 Å². The van der Waals surface area contributed by atoms with Crippen molar-refractivity contribution in [2.24, 2.45) is 17.3 Å². The Balaban J connectivity index is 1.39. The van der Waals surface area contributed by atoms with Crippen LogP contribution in [0.1, 0.15) is 96.4 Å². The zero-order valence-electron chi connectivity index (χ0n) is 18.9. The van der Waals surface area contributed by atoms with Crippen molar-refractivity contribution >= 4 is 11.8 Å². The van der Waals surface area contributed by atoms with Crippen LogP contribution in [0.5, 0.6) is 0 Å². The minimum atomic E-state index is -0.315. The van der Waals surface area contributed by atoms with E-state index in [0.29, 0.717) is 11.8 Å². The predicted octanol–water partition coefficient (Wildman–Crippen LogP) is 3.61. The van der Waals surface area contributed by atoms with Crippen LogP contribution in [0.3, 0.4) is 0 Å². The Kier molecular flexibility index (Phi) is 4.40.